The van der Waals surface area contributed by atoms with Gasteiger partial charge in [-0.1, -0.05) is 0 Å². The third-order valence-electron chi connectivity index (χ3n) is 3.92. The zero-order valence-corrected chi connectivity index (χ0v) is 9.82. The van der Waals surface area contributed by atoms with E-state index in [1.165, 1.54) is 38.2 Å². The Morgan fingerprint density at radius 2 is 2.31 bits per heavy atom. The molecule has 0 unspecified atom stereocenters. The van der Waals surface area contributed by atoms with Crippen molar-refractivity contribution in [2.45, 2.75) is 25.8 Å². The molecular formula is C13H19N3. The number of aryl methyl sites for hydroxylation is 1. The summed E-state index contributed by atoms with van der Waals surface area (Å²) in [4.78, 5) is 6.87. The molecule has 0 bridgehead atoms. The Morgan fingerprint density at radius 3 is 3.12 bits per heavy atom. The third-order valence-corrected chi connectivity index (χ3v) is 3.92. The molecule has 1 aromatic rings. The topological polar surface area (TPSA) is 28.2 Å². The number of pyridine rings is 1. The summed E-state index contributed by atoms with van der Waals surface area (Å²) < 4.78 is 0. The van der Waals surface area contributed by atoms with Gasteiger partial charge in [0, 0.05) is 24.8 Å². The van der Waals surface area contributed by atoms with Crippen molar-refractivity contribution in [3.05, 3.63) is 24.0 Å². The quantitative estimate of drug-likeness (QED) is 0.774. The highest BCUT2D eigenvalue weighted by molar-refractivity contribution is 5.45. The van der Waals surface area contributed by atoms with Gasteiger partial charge < -0.3 is 10.2 Å². The van der Waals surface area contributed by atoms with Crippen LogP contribution in [0.15, 0.2) is 18.3 Å². The molecule has 0 amide bonds. The highest BCUT2D eigenvalue weighted by Gasteiger charge is 2.32. The third kappa shape index (κ3) is 1.80. The fourth-order valence-corrected chi connectivity index (χ4v) is 2.93. The molecule has 0 aromatic carbocycles. The lowest BCUT2D eigenvalue weighted by atomic mass is 9.93. The minimum absolute atomic E-state index is 0.773. The molecule has 2 saturated heterocycles. The lowest BCUT2D eigenvalue weighted by Gasteiger charge is -2.36. The first-order valence-electron chi connectivity index (χ1n) is 6.24. The molecule has 0 spiro atoms. The summed E-state index contributed by atoms with van der Waals surface area (Å²) in [5.74, 6) is 0.843. The van der Waals surface area contributed by atoms with Gasteiger partial charge in [-0.25, -0.2) is 0 Å². The van der Waals surface area contributed by atoms with E-state index in [-0.39, 0.29) is 0 Å². The monoisotopic (exact) mass is 217 g/mol. The van der Waals surface area contributed by atoms with Crippen LogP contribution in [-0.2, 0) is 0 Å². The van der Waals surface area contributed by atoms with Crippen molar-refractivity contribution in [3.63, 3.8) is 0 Å². The smallest absolute Gasteiger partial charge is 0.0553 e. The summed E-state index contributed by atoms with van der Waals surface area (Å²) in [6, 6.07) is 5.08. The van der Waals surface area contributed by atoms with Crippen molar-refractivity contribution in [2.75, 3.05) is 24.5 Å². The van der Waals surface area contributed by atoms with E-state index in [1.54, 1.807) is 0 Å². The Hall–Kier alpha value is -1.09. The van der Waals surface area contributed by atoms with Crippen LogP contribution in [0, 0.1) is 12.8 Å². The van der Waals surface area contributed by atoms with Crippen LogP contribution in [0.4, 0.5) is 5.69 Å². The highest BCUT2D eigenvalue weighted by atomic mass is 15.2. The normalized spacial score (nSPS) is 29.2. The largest absolute Gasteiger partial charge is 0.370 e. The maximum Gasteiger partial charge on any atom is 0.0553 e. The molecule has 86 valence electrons. The maximum atomic E-state index is 4.38. The molecule has 3 heteroatoms. The summed E-state index contributed by atoms with van der Waals surface area (Å²) in [5, 5.41) is 3.60. The Labute approximate surface area is 96.9 Å². The van der Waals surface area contributed by atoms with Gasteiger partial charge in [0.05, 0.1) is 11.9 Å². The molecule has 3 rings (SSSR count). The van der Waals surface area contributed by atoms with E-state index >= 15 is 0 Å². The molecule has 1 N–H and O–H groups in total. The molecule has 3 nitrogen and oxygen atoms in total. The predicted molar refractivity (Wildman–Crippen MR) is 65.7 cm³/mol. The molecule has 2 aliphatic heterocycles. The first kappa shape index (κ1) is 10.1. The standard InChI is InChI=1S/C13H19N3/c1-10-2-3-12(8-15-10)16-7-5-13-11(9-16)4-6-14-13/h2-3,8,11,13-14H,4-7,9H2,1H3/t11-,13+/m1/s1. The number of anilines is 1. The minimum atomic E-state index is 0.773. The van der Waals surface area contributed by atoms with Gasteiger partial charge in [0.25, 0.3) is 0 Å². The van der Waals surface area contributed by atoms with Crippen LogP contribution in [0.25, 0.3) is 0 Å². The SMILES string of the molecule is Cc1ccc(N2CC[C@@H]3NCC[C@@H]3C2)cn1. The average molecular weight is 217 g/mol. The van der Waals surface area contributed by atoms with Gasteiger partial charge in [-0.2, -0.15) is 0 Å². The molecule has 2 fully saturated rings. The fraction of sp³-hybridized carbons (Fsp3) is 0.615. The Balaban J connectivity index is 1.74. The van der Waals surface area contributed by atoms with E-state index in [1.807, 2.05) is 13.1 Å². The first-order chi connectivity index (χ1) is 7.83. The van der Waals surface area contributed by atoms with Crippen molar-refractivity contribution in [1.82, 2.24) is 10.3 Å². The molecule has 0 radical (unpaired) electrons. The van der Waals surface area contributed by atoms with Gasteiger partial charge in [-0.15, -0.1) is 0 Å². The van der Waals surface area contributed by atoms with Crippen molar-refractivity contribution in [3.8, 4) is 0 Å². The van der Waals surface area contributed by atoms with Crippen LogP contribution >= 0.6 is 0 Å². The van der Waals surface area contributed by atoms with Crippen LogP contribution < -0.4 is 10.2 Å². The number of aromatic nitrogens is 1. The van der Waals surface area contributed by atoms with Crippen molar-refractivity contribution >= 4 is 5.69 Å². The van der Waals surface area contributed by atoms with Gasteiger partial charge in [-0.3, -0.25) is 4.98 Å². The number of nitrogens with zero attached hydrogens (tertiary/aromatic N) is 2. The second-order valence-electron chi connectivity index (χ2n) is 5.00. The molecule has 0 saturated carbocycles. The number of fused-ring (bicyclic) bond motifs is 1. The van der Waals surface area contributed by atoms with Gasteiger partial charge in [0.1, 0.15) is 0 Å². The molecule has 3 heterocycles. The molecule has 1 aromatic heterocycles. The number of rotatable bonds is 1. The number of piperidine rings is 1. The zero-order chi connectivity index (χ0) is 11.0. The lowest BCUT2D eigenvalue weighted by Crippen LogP contribution is -2.44. The number of nitrogens with one attached hydrogen (secondary N) is 1. The summed E-state index contributed by atoms with van der Waals surface area (Å²) in [6.07, 6.45) is 4.62. The van der Waals surface area contributed by atoms with Crippen LogP contribution in [0.3, 0.4) is 0 Å². The summed E-state index contributed by atoms with van der Waals surface area (Å²) >= 11 is 0. The van der Waals surface area contributed by atoms with Gasteiger partial charge in [0.15, 0.2) is 0 Å². The second kappa shape index (κ2) is 4.06. The first-order valence-corrected chi connectivity index (χ1v) is 6.24. The van der Waals surface area contributed by atoms with Gasteiger partial charge in [0.2, 0.25) is 0 Å². The predicted octanol–water partition coefficient (Wildman–Crippen LogP) is 1.58. The van der Waals surface area contributed by atoms with E-state index < -0.39 is 0 Å². The number of hydrogen-bond donors (Lipinski definition) is 1. The van der Waals surface area contributed by atoms with Crippen molar-refractivity contribution in [2.24, 2.45) is 5.92 Å². The number of hydrogen-bond acceptors (Lipinski definition) is 3. The fourth-order valence-electron chi connectivity index (χ4n) is 2.93. The Morgan fingerprint density at radius 1 is 1.38 bits per heavy atom. The van der Waals surface area contributed by atoms with E-state index in [9.17, 15) is 0 Å². The Bertz CT molecular complexity index is 360. The van der Waals surface area contributed by atoms with E-state index in [0.717, 1.165) is 17.7 Å². The summed E-state index contributed by atoms with van der Waals surface area (Å²) in [5.41, 5.74) is 2.39. The van der Waals surface area contributed by atoms with Crippen LogP contribution in [0.5, 0.6) is 0 Å². The second-order valence-corrected chi connectivity index (χ2v) is 5.00. The van der Waals surface area contributed by atoms with Gasteiger partial charge in [-0.05, 0) is 44.4 Å². The molecule has 2 aliphatic rings. The summed E-state index contributed by atoms with van der Waals surface area (Å²) in [6.45, 7) is 5.60. The highest BCUT2D eigenvalue weighted by Crippen LogP contribution is 2.27. The molecule has 0 aliphatic carbocycles. The molecule has 2 atom stereocenters. The molecule has 16 heavy (non-hydrogen) atoms. The van der Waals surface area contributed by atoms with Gasteiger partial charge >= 0.3 is 0 Å². The lowest BCUT2D eigenvalue weighted by molar-refractivity contribution is 0.376. The molecular weight excluding hydrogens is 198 g/mol. The van der Waals surface area contributed by atoms with Crippen LogP contribution in [-0.4, -0.2) is 30.7 Å². The zero-order valence-electron chi connectivity index (χ0n) is 9.82. The van der Waals surface area contributed by atoms with E-state index in [4.69, 9.17) is 0 Å². The van der Waals surface area contributed by atoms with Crippen molar-refractivity contribution < 1.29 is 0 Å². The van der Waals surface area contributed by atoms with Crippen molar-refractivity contribution in [1.29, 1.82) is 0 Å². The van der Waals surface area contributed by atoms with E-state index in [0.29, 0.717) is 0 Å². The maximum absolute atomic E-state index is 4.38. The summed E-state index contributed by atoms with van der Waals surface area (Å²) in [7, 11) is 0. The minimum Gasteiger partial charge on any atom is -0.370 e. The van der Waals surface area contributed by atoms with E-state index in [2.05, 4.69) is 27.3 Å². The van der Waals surface area contributed by atoms with Crippen LogP contribution in [0.1, 0.15) is 18.5 Å². The van der Waals surface area contributed by atoms with Crippen LogP contribution in [0.2, 0.25) is 0 Å². The Kier molecular flexibility index (Phi) is 2.56. The average Bonchev–Trinajstić information content (AvgIpc) is 2.77.